The van der Waals surface area contributed by atoms with Crippen LogP contribution in [0.15, 0.2) is 30.3 Å². The number of benzene rings is 2. The molecule has 2 rings (SSSR count). The summed E-state index contributed by atoms with van der Waals surface area (Å²) in [5.74, 6) is 3.44. The summed E-state index contributed by atoms with van der Waals surface area (Å²) in [4.78, 5) is 13.4. The Kier molecular flexibility index (Phi) is 15.5. The van der Waals surface area contributed by atoms with E-state index in [-0.39, 0.29) is 33.0 Å². The summed E-state index contributed by atoms with van der Waals surface area (Å²) in [6.45, 7) is 14.6. The smallest absolute Gasteiger partial charge is 0.493 e. The van der Waals surface area contributed by atoms with Gasteiger partial charge in [-0.1, -0.05) is 70.8 Å². The van der Waals surface area contributed by atoms with Crippen LogP contribution in [0.2, 0.25) is 10.0 Å². The third-order valence-electron chi connectivity index (χ3n) is 5.34. The first kappa shape index (κ1) is 33.1. The summed E-state index contributed by atoms with van der Waals surface area (Å²) in [5.41, 5.74) is 0.171. The molecule has 8 heteroatoms. The van der Waals surface area contributed by atoms with Crippen molar-refractivity contribution >= 4 is 42.6 Å². The molecule has 0 fully saturated rings. The van der Waals surface area contributed by atoms with Gasteiger partial charge in [0.1, 0.15) is 17.2 Å². The van der Waals surface area contributed by atoms with E-state index in [9.17, 15) is 4.79 Å². The molecule has 0 radical (unpaired) electrons. The van der Waals surface area contributed by atoms with Gasteiger partial charge >= 0.3 is 18.9 Å². The van der Waals surface area contributed by atoms with Crippen LogP contribution < -0.4 is 38.4 Å². The van der Waals surface area contributed by atoms with Crippen LogP contribution >= 0.6 is 31.8 Å². The van der Waals surface area contributed by atoms with E-state index in [0.29, 0.717) is 70.4 Å². The Balaban J connectivity index is 0.00000648. The molecule has 2 aromatic carbocycles. The van der Waals surface area contributed by atoms with Crippen molar-refractivity contribution in [2.75, 3.05) is 19.8 Å². The van der Waals surface area contributed by atoms with E-state index < -0.39 is 0 Å². The van der Waals surface area contributed by atoms with Crippen molar-refractivity contribution in [3.05, 3.63) is 45.9 Å². The van der Waals surface area contributed by atoms with Gasteiger partial charge in [0.2, 0.25) is 0 Å². The van der Waals surface area contributed by atoms with Crippen molar-refractivity contribution in [1.82, 2.24) is 0 Å². The Morgan fingerprint density at radius 2 is 1.19 bits per heavy atom. The standard InChI is InChI=1S/C28H39Cl2O4P.Li/c1-18(2)10-13-32-21-16-24(33-14-11-19(3)4)27(25(17-21)34-15-12-20(5)6)35-28(31)26-22(29)8-7-9-23(26)30;/h7-9,16-20,35H,10-15H2,1-6H3;/q;+1. The van der Waals surface area contributed by atoms with Gasteiger partial charge in [-0.05, 0) is 57.7 Å². The minimum absolute atomic E-state index is 0. The molecule has 0 N–H and O–H groups in total. The van der Waals surface area contributed by atoms with E-state index in [1.165, 1.54) is 0 Å². The van der Waals surface area contributed by atoms with Crippen LogP contribution in [0.25, 0.3) is 0 Å². The summed E-state index contributed by atoms with van der Waals surface area (Å²) in [7, 11) is -0.261. The molecule has 1 unspecified atom stereocenters. The number of rotatable bonds is 15. The minimum atomic E-state index is -0.261. The molecule has 36 heavy (non-hydrogen) atoms. The number of hydrogen-bond acceptors (Lipinski definition) is 4. The van der Waals surface area contributed by atoms with E-state index in [2.05, 4.69) is 41.5 Å². The van der Waals surface area contributed by atoms with Crippen LogP contribution in [0.4, 0.5) is 0 Å². The van der Waals surface area contributed by atoms with Gasteiger partial charge in [0, 0.05) is 12.1 Å². The second-order valence-electron chi connectivity index (χ2n) is 9.94. The molecular weight excluding hydrogens is 509 g/mol. The number of carbonyl (C=O) groups is 1. The fraction of sp³-hybridized carbons (Fsp3) is 0.536. The second-order valence-corrected chi connectivity index (χ2v) is 12.0. The third-order valence-corrected chi connectivity index (χ3v) is 7.19. The molecule has 194 valence electrons. The molecule has 0 amide bonds. The Bertz CT molecular complexity index is 911. The quantitative estimate of drug-likeness (QED) is 0.221. The van der Waals surface area contributed by atoms with Crippen molar-refractivity contribution < 1.29 is 37.9 Å². The molecule has 2 aromatic rings. The topological polar surface area (TPSA) is 44.8 Å². The van der Waals surface area contributed by atoms with Crippen molar-refractivity contribution in [3.8, 4) is 17.2 Å². The van der Waals surface area contributed by atoms with Crippen LogP contribution in [-0.2, 0) is 0 Å². The van der Waals surface area contributed by atoms with Crippen molar-refractivity contribution in [2.45, 2.75) is 60.8 Å². The van der Waals surface area contributed by atoms with E-state index in [0.717, 1.165) is 24.6 Å². The number of halogens is 2. The predicted octanol–water partition coefficient (Wildman–Crippen LogP) is 5.42. The second kappa shape index (κ2) is 16.9. The maximum absolute atomic E-state index is 13.4. The third kappa shape index (κ3) is 11.2. The Hall–Kier alpha value is -0.883. The van der Waals surface area contributed by atoms with Gasteiger partial charge in [-0.25, -0.2) is 0 Å². The molecule has 0 bridgehead atoms. The molecule has 1 atom stereocenters. The molecule has 0 saturated carbocycles. The van der Waals surface area contributed by atoms with Gasteiger partial charge in [-0.15, -0.1) is 0 Å². The zero-order valence-corrected chi connectivity index (χ0v) is 25.3. The van der Waals surface area contributed by atoms with Gasteiger partial charge < -0.3 is 14.2 Å². The van der Waals surface area contributed by atoms with E-state index in [1.54, 1.807) is 18.2 Å². The average Bonchev–Trinajstić information content (AvgIpc) is 2.75. The van der Waals surface area contributed by atoms with Gasteiger partial charge in [0.15, 0.2) is 5.52 Å². The first-order valence-electron chi connectivity index (χ1n) is 12.4. The summed E-state index contributed by atoms with van der Waals surface area (Å²) >= 11 is 12.7. The Labute approximate surface area is 241 Å². The predicted molar refractivity (Wildman–Crippen MR) is 150 cm³/mol. The molecule has 0 aliphatic heterocycles. The number of carbonyl (C=O) groups excluding carboxylic acids is 1. The first-order chi connectivity index (χ1) is 16.6. The maximum Gasteiger partial charge on any atom is 1.00 e. The summed E-state index contributed by atoms with van der Waals surface area (Å²) < 4.78 is 18.5. The van der Waals surface area contributed by atoms with Crippen molar-refractivity contribution in [2.24, 2.45) is 17.8 Å². The Morgan fingerprint density at radius 1 is 0.778 bits per heavy atom. The summed E-state index contributed by atoms with van der Waals surface area (Å²) in [5, 5.41) is 1.40. The van der Waals surface area contributed by atoms with Crippen LogP contribution in [0, 0.1) is 17.8 Å². The van der Waals surface area contributed by atoms with Gasteiger partial charge in [-0.3, -0.25) is 4.79 Å². The van der Waals surface area contributed by atoms with Gasteiger partial charge in [0.25, 0.3) is 0 Å². The van der Waals surface area contributed by atoms with Crippen LogP contribution in [0.1, 0.15) is 71.2 Å². The SMILES string of the molecule is CC(C)CCOc1cc(OCCC(C)C)c(PC(=O)c2c(Cl)cccc2Cl)c(OCCC(C)C)c1.[Li+]. The molecule has 0 heterocycles. The minimum Gasteiger partial charge on any atom is -0.493 e. The molecule has 4 nitrogen and oxygen atoms in total. The fourth-order valence-corrected chi connectivity index (χ4v) is 5.00. The number of ether oxygens (including phenoxy) is 3. The molecule has 0 aliphatic rings. The van der Waals surface area contributed by atoms with Crippen LogP contribution in [0.5, 0.6) is 17.2 Å². The average molecular weight is 548 g/mol. The summed E-state index contributed by atoms with van der Waals surface area (Å²) in [6.07, 6.45) is 2.74. The first-order valence-corrected chi connectivity index (χ1v) is 14.2. The van der Waals surface area contributed by atoms with Gasteiger partial charge in [-0.2, -0.15) is 0 Å². The Morgan fingerprint density at radius 3 is 1.61 bits per heavy atom. The normalized spacial score (nSPS) is 11.4. The molecule has 0 spiro atoms. The van der Waals surface area contributed by atoms with Gasteiger partial charge in [0.05, 0.1) is 40.7 Å². The molecule has 0 aliphatic carbocycles. The van der Waals surface area contributed by atoms with E-state index in [4.69, 9.17) is 37.4 Å². The number of hydrogen-bond donors (Lipinski definition) is 0. The van der Waals surface area contributed by atoms with E-state index >= 15 is 0 Å². The van der Waals surface area contributed by atoms with Crippen molar-refractivity contribution in [1.29, 1.82) is 0 Å². The zero-order valence-electron chi connectivity index (χ0n) is 22.8. The van der Waals surface area contributed by atoms with Crippen molar-refractivity contribution in [3.63, 3.8) is 0 Å². The molecular formula is C28H39Cl2LiO4P+. The maximum atomic E-state index is 13.4. The summed E-state index contributed by atoms with van der Waals surface area (Å²) in [6, 6.07) is 8.84. The largest absolute Gasteiger partial charge is 1.00 e. The zero-order chi connectivity index (χ0) is 26.0. The van der Waals surface area contributed by atoms with Crippen LogP contribution in [0.3, 0.4) is 0 Å². The molecule has 0 aromatic heterocycles. The molecule has 0 saturated heterocycles. The monoisotopic (exact) mass is 547 g/mol. The fourth-order valence-electron chi connectivity index (χ4n) is 3.11. The van der Waals surface area contributed by atoms with Crippen LogP contribution in [-0.4, -0.2) is 25.3 Å². The van der Waals surface area contributed by atoms with E-state index in [1.807, 2.05) is 12.1 Å².